The second-order valence-corrected chi connectivity index (χ2v) is 13.3. The van der Waals surface area contributed by atoms with Gasteiger partial charge in [0, 0.05) is 16.9 Å². The third-order valence-corrected chi connectivity index (χ3v) is 10.1. The Balaban J connectivity index is 1.18. The molecule has 0 aliphatic carbocycles. The molecule has 0 bridgehead atoms. The topological polar surface area (TPSA) is 3.24 Å². The summed E-state index contributed by atoms with van der Waals surface area (Å²) in [6, 6.07) is 80.8. The molecule has 1 nitrogen and oxygen atoms in total. The summed E-state index contributed by atoms with van der Waals surface area (Å²) < 4.78 is 0. The van der Waals surface area contributed by atoms with Crippen molar-refractivity contribution in [2.45, 2.75) is 0 Å². The lowest BCUT2D eigenvalue weighted by Gasteiger charge is -2.29. The molecular formula is C52H37N. The molecule has 9 rings (SSSR count). The third kappa shape index (κ3) is 6.30. The van der Waals surface area contributed by atoms with Crippen LogP contribution in [-0.2, 0) is 0 Å². The Morgan fingerprint density at radius 3 is 1.45 bits per heavy atom. The fourth-order valence-electron chi connectivity index (χ4n) is 7.59. The molecule has 9 aromatic rings. The van der Waals surface area contributed by atoms with Gasteiger partial charge < -0.3 is 4.90 Å². The van der Waals surface area contributed by atoms with Crippen molar-refractivity contribution in [2.75, 3.05) is 4.90 Å². The van der Waals surface area contributed by atoms with E-state index in [1.807, 2.05) is 0 Å². The molecule has 0 heterocycles. The van der Waals surface area contributed by atoms with E-state index in [4.69, 9.17) is 0 Å². The third-order valence-electron chi connectivity index (χ3n) is 10.1. The Hall–Kier alpha value is -6.96. The zero-order valence-corrected chi connectivity index (χ0v) is 29.3. The van der Waals surface area contributed by atoms with Crippen molar-refractivity contribution in [3.8, 4) is 55.6 Å². The van der Waals surface area contributed by atoms with Gasteiger partial charge in [-0.3, -0.25) is 0 Å². The summed E-state index contributed by atoms with van der Waals surface area (Å²) >= 11 is 0. The number of nitrogens with zero attached hydrogens (tertiary/aromatic N) is 1. The largest absolute Gasteiger partial charge is 0.310 e. The van der Waals surface area contributed by atoms with Crippen LogP contribution in [0.4, 0.5) is 17.1 Å². The normalized spacial score (nSPS) is 11.0. The van der Waals surface area contributed by atoms with Gasteiger partial charge in [0.25, 0.3) is 0 Å². The van der Waals surface area contributed by atoms with Crippen molar-refractivity contribution < 1.29 is 0 Å². The summed E-state index contributed by atoms with van der Waals surface area (Å²) in [7, 11) is 0. The summed E-state index contributed by atoms with van der Waals surface area (Å²) in [5.74, 6) is 0. The van der Waals surface area contributed by atoms with E-state index in [2.05, 4.69) is 229 Å². The van der Waals surface area contributed by atoms with Gasteiger partial charge in [-0.1, -0.05) is 194 Å². The van der Waals surface area contributed by atoms with Crippen molar-refractivity contribution >= 4 is 27.8 Å². The first-order chi connectivity index (χ1) is 26.3. The highest BCUT2D eigenvalue weighted by molar-refractivity contribution is 5.99. The standard InChI is InChI=1S/C52H37N/c1-3-17-38(18-4-1)39-33-35-41(36-34-39)46-26-9-10-27-48(46)49-28-11-12-29-50(49)51-30-13-14-32-52(51)53(43-22-5-2-6-23-43)44-24-15-21-42(37-44)47-31-16-20-40-19-7-8-25-45(40)47/h1-37H. The lowest BCUT2D eigenvalue weighted by Crippen LogP contribution is -2.11. The maximum Gasteiger partial charge on any atom is 0.0540 e. The monoisotopic (exact) mass is 675 g/mol. The van der Waals surface area contributed by atoms with Gasteiger partial charge in [-0.05, 0) is 91.2 Å². The van der Waals surface area contributed by atoms with Crippen molar-refractivity contribution in [2.24, 2.45) is 0 Å². The van der Waals surface area contributed by atoms with Crippen LogP contribution in [0, 0.1) is 0 Å². The van der Waals surface area contributed by atoms with E-state index in [1.54, 1.807) is 0 Å². The molecule has 250 valence electrons. The average molecular weight is 676 g/mol. The Bertz CT molecular complexity index is 2650. The number of hydrogen-bond acceptors (Lipinski definition) is 1. The minimum absolute atomic E-state index is 1.10. The van der Waals surface area contributed by atoms with Gasteiger partial charge in [-0.15, -0.1) is 0 Å². The summed E-state index contributed by atoms with van der Waals surface area (Å²) in [4.78, 5) is 2.40. The molecule has 0 N–H and O–H groups in total. The first-order valence-corrected chi connectivity index (χ1v) is 18.2. The van der Waals surface area contributed by atoms with E-state index in [0.717, 1.165) is 22.6 Å². The van der Waals surface area contributed by atoms with E-state index in [-0.39, 0.29) is 0 Å². The van der Waals surface area contributed by atoms with Crippen LogP contribution < -0.4 is 4.90 Å². The van der Waals surface area contributed by atoms with Crippen LogP contribution in [0.2, 0.25) is 0 Å². The lowest BCUT2D eigenvalue weighted by atomic mass is 9.88. The summed E-state index contributed by atoms with van der Waals surface area (Å²) in [6.45, 7) is 0. The molecule has 53 heavy (non-hydrogen) atoms. The van der Waals surface area contributed by atoms with E-state index < -0.39 is 0 Å². The Kier molecular flexibility index (Phi) is 8.66. The molecule has 0 aliphatic heterocycles. The molecule has 0 fully saturated rings. The molecule has 0 amide bonds. The van der Waals surface area contributed by atoms with Gasteiger partial charge in [0.1, 0.15) is 0 Å². The number of anilines is 3. The van der Waals surface area contributed by atoms with Crippen molar-refractivity contribution in [1.29, 1.82) is 0 Å². The molecule has 0 saturated carbocycles. The maximum absolute atomic E-state index is 2.40. The maximum atomic E-state index is 2.40. The van der Waals surface area contributed by atoms with Gasteiger partial charge in [-0.25, -0.2) is 0 Å². The van der Waals surface area contributed by atoms with E-state index >= 15 is 0 Å². The number of fused-ring (bicyclic) bond motifs is 1. The smallest absolute Gasteiger partial charge is 0.0540 e. The molecule has 0 atom stereocenters. The van der Waals surface area contributed by atoms with E-state index in [0.29, 0.717) is 0 Å². The predicted octanol–water partition coefficient (Wildman–Crippen LogP) is 14.6. The highest BCUT2D eigenvalue weighted by atomic mass is 15.1. The lowest BCUT2D eigenvalue weighted by molar-refractivity contribution is 1.28. The van der Waals surface area contributed by atoms with Gasteiger partial charge in [0.2, 0.25) is 0 Å². The fourth-order valence-corrected chi connectivity index (χ4v) is 7.59. The van der Waals surface area contributed by atoms with E-state index in [9.17, 15) is 0 Å². The summed E-state index contributed by atoms with van der Waals surface area (Å²) in [5, 5.41) is 2.49. The molecule has 0 aliphatic rings. The number of para-hydroxylation sites is 2. The van der Waals surface area contributed by atoms with Crippen LogP contribution in [0.25, 0.3) is 66.4 Å². The van der Waals surface area contributed by atoms with Crippen LogP contribution in [0.15, 0.2) is 224 Å². The van der Waals surface area contributed by atoms with Gasteiger partial charge in [-0.2, -0.15) is 0 Å². The van der Waals surface area contributed by atoms with Crippen molar-refractivity contribution in [3.05, 3.63) is 224 Å². The zero-order chi connectivity index (χ0) is 35.4. The molecule has 0 unspecified atom stereocenters. The first kappa shape index (κ1) is 32.0. The fraction of sp³-hybridized carbons (Fsp3) is 0. The highest BCUT2D eigenvalue weighted by Gasteiger charge is 2.20. The summed E-state index contributed by atoms with van der Waals surface area (Å²) in [5.41, 5.74) is 15.3. The molecule has 1 heteroatoms. The Morgan fingerprint density at radius 1 is 0.245 bits per heavy atom. The molecule has 0 spiro atoms. The first-order valence-electron chi connectivity index (χ1n) is 18.2. The van der Waals surface area contributed by atoms with Crippen LogP contribution in [0.5, 0.6) is 0 Å². The minimum atomic E-state index is 1.10. The predicted molar refractivity (Wildman–Crippen MR) is 226 cm³/mol. The van der Waals surface area contributed by atoms with Crippen LogP contribution >= 0.6 is 0 Å². The number of benzene rings is 9. The van der Waals surface area contributed by atoms with Gasteiger partial charge in [0.05, 0.1) is 5.69 Å². The number of hydrogen-bond donors (Lipinski definition) is 0. The SMILES string of the molecule is c1ccc(-c2ccc(-c3ccccc3-c3ccccc3-c3ccccc3N(c3ccccc3)c3cccc(-c4cccc5ccccc45)c3)cc2)cc1. The molecule has 0 aromatic heterocycles. The minimum Gasteiger partial charge on any atom is -0.310 e. The highest BCUT2D eigenvalue weighted by Crippen LogP contribution is 2.46. The Morgan fingerprint density at radius 2 is 0.698 bits per heavy atom. The summed E-state index contributed by atoms with van der Waals surface area (Å²) in [6.07, 6.45) is 0. The number of rotatable bonds is 8. The van der Waals surface area contributed by atoms with Crippen molar-refractivity contribution in [1.82, 2.24) is 0 Å². The van der Waals surface area contributed by atoms with Gasteiger partial charge >= 0.3 is 0 Å². The molecular weight excluding hydrogens is 639 g/mol. The molecule has 9 aromatic carbocycles. The Labute approximate surface area is 311 Å². The second-order valence-electron chi connectivity index (χ2n) is 13.3. The molecule has 0 radical (unpaired) electrons. The zero-order valence-electron chi connectivity index (χ0n) is 29.3. The van der Waals surface area contributed by atoms with Gasteiger partial charge in [0.15, 0.2) is 0 Å². The van der Waals surface area contributed by atoms with Crippen LogP contribution in [0.3, 0.4) is 0 Å². The van der Waals surface area contributed by atoms with E-state index in [1.165, 1.54) is 60.8 Å². The molecule has 0 saturated heterocycles. The van der Waals surface area contributed by atoms with Crippen molar-refractivity contribution in [3.63, 3.8) is 0 Å². The quantitative estimate of drug-likeness (QED) is 0.155. The van der Waals surface area contributed by atoms with Crippen LogP contribution in [0.1, 0.15) is 0 Å². The average Bonchev–Trinajstić information content (AvgIpc) is 3.25. The second kappa shape index (κ2) is 14.3. The van der Waals surface area contributed by atoms with Crippen LogP contribution in [-0.4, -0.2) is 0 Å².